The highest BCUT2D eigenvalue weighted by Gasteiger charge is 2.12. The minimum absolute atomic E-state index is 0.980. The topological polar surface area (TPSA) is 0 Å². The zero-order valence-electron chi connectivity index (χ0n) is 13.7. The molecule has 0 aliphatic heterocycles. The van der Waals surface area contributed by atoms with E-state index in [1.165, 1.54) is 49.0 Å². The van der Waals surface area contributed by atoms with Gasteiger partial charge in [0.1, 0.15) is 0 Å². The van der Waals surface area contributed by atoms with Gasteiger partial charge in [-0.2, -0.15) is 0 Å². The lowest BCUT2D eigenvalue weighted by Gasteiger charge is -2.15. The van der Waals surface area contributed by atoms with Crippen molar-refractivity contribution in [1.82, 2.24) is 0 Å². The van der Waals surface area contributed by atoms with Gasteiger partial charge in [-0.3, -0.25) is 0 Å². The average molecular weight is 306 g/mol. The molecule has 0 saturated heterocycles. The molecule has 114 valence electrons. The summed E-state index contributed by atoms with van der Waals surface area (Å²) in [7, 11) is 0. The Bertz CT molecular complexity index is 1170. The van der Waals surface area contributed by atoms with Crippen LogP contribution in [0, 0.1) is 6.92 Å². The van der Waals surface area contributed by atoms with Crippen molar-refractivity contribution >= 4 is 32.3 Å². The lowest BCUT2D eigenvalue weighted by molar-refractivity contribution is 1.22. The van der Waals surface area contributed by atoms with Gasteiger partial charge in [0.2, 0.25) is 0 Å². The van der Waals surface area contributed by atoms with E-state index in [9.17, 15) is 0 Å². The maximum atomic E-state index is 2.30. The van der Waals surface area contributed by atoms with Gasteiger partial charge in [0.25, 0.3) is 0 Å². The summed E-state index contributed by atoms with van der Waals surface area (Å²) in [5, 5.41) is 8.28. The van der Waals surface area contributed by atoms with Gasteiger partial charge in [0.15, 0.2) is 0 Å². The molecule has 0 heterocycles. The number of hydrogen-bond acceptors (Lipinski definition) is 0. The first-order valence-electron chi connectivity index (χ1n) is 8.51. The van der Waals surface area contributed by atoms with E-state index in [-0.39, 0.29) is 0 Å². The number of hydrogen-bond donors (Lipinski definition) is 0. The Morgan fingerprint density at radius 1 is 0.583 bits per heavy atom. The molecule has 0 fully saturated rings. The maximum absolute atomic E-state index is 2.30. The van der Waals surface area contributed by atoms with Crippen LogP contribution in [0.25, 0.3) is 32.3 Å². The van der Waals surface area contributed by atoms with Gasteiger partial charge in [0, 0.05) is 0 Å². The molecule has 0 spiro atoms. The van der Waals surface area contributed by atoms with Crippen LogP contribution in [0.15, 0.2) is 78.9 Å². The predicted molar refractivity (Wildman–Crippen MR) is 104 cm³/mol. The van der Waals surface area contributed by atoms with Crippen LogP contribution in [0.4, 0.5) is 0 Å². The number of aryl methyl sites for hydroxylation is 1. The largest absolute Gasteiger partial charge is 0.0622 e. The van der Waals surface area contributed by atoms with Crippen LogP contribution >= 0.6 is 0 Å². The van der Waals surface area contributed by atoms with Gasteiger partial charge in [-0.25, -0.2) is 0 Å². The summed E-state index contributed by atoms with van der Waals surface area (Å²) in [6, 6.07) is 28.9. The van der Waals surface area contributed by atoms with Gasteiger partial charge in [-0.15, -0.1) is 0 Å². The molecule has 0 radical (unpaired) electrons. The molecule has 5 aromatic rings. The molecule has 5 rings (SSSR count). The fraction of sp³-hybridized carbons (Fsp3) is 0.0833. The lowest BCUT2D eigenvalue weighted by Crippen LogP contribution is -1.92. The normalized spacial score (nSPS) is 11.7. The molecule has 0 unspecified atom stereocenters. The second-order valence-corrected chi connectivity index (χ2v) is 6.69. The van der Waals surface area contributed by atoms with Crippen molar-refractivity contribution in [2.45, 2.75) is 13.3 Å². The Labute approximate surface area is 141 Å². The van der Waals surface area contributed by atoms with Crippen molar-refractivity contribution in [3.63, 3.8) is 0 Å². The smallest absolute Gasteiger partial charge is 0.00196 e. The van der Waals surface area contributed by atoms with Gasteiger partial charge < -0.3 is 0 Å². The Hall–Kier alpha value is -2.86. The van der Waals surface area contributed by atoms with E-state index in [0.29, 0.717) is 0 Å². The highest BCUT2D eigenvalue weighted by molar-refractivity contribution is 6.24. The fourth-order valence-corrected chi connectivity index (χ4v) is 3.98. The average Bonchev–Trinajstić information content (AvgIpc) is 2.63. The number of benzene rings is 5. The summed E-state index contributed by atoms with van der Waals surface area (Å²) in [5.41, 5.74) is 4.12. The minimum atomic E-state index is 0.980. The summed E-state index contributed by atoms with van der Waals surface area (Å²) >= 11 is 0. The van der Waals surface area contributed by atoms with E-state index in [2.05, 4.69) is 85.8 Å². The van der Waals surface area contributed by atoms with Crippen LogP contribution in [0.1, 0.15) is 16.7 Å². The van der Waals surface area contributed by atoms with Crippen molar-refractivity contribution in [2.75, 3.05) is 0 Å². The van der Waals surface area contributed by atoms with Crippen LogP contribution < -0.4 is 0 Å². The van der Waals surface area contributed by atoms with Gasteiger partial charge in [-0.1, -0.05) is 78.9 Å². The zero-order valence-corrected chi connectivity index (χ0v) is 13.7. The SMILES string of the molecule is Cc1ccc2ccc3c(Cc4ccccc4)ccc4ccc1c2c43. The van der Waals surface area contributed by atoms with Crippen LogP contribution in [0.5, 0.6) is 0 Å². The third kappa shape index (κ3) is 1.93. The monoisotopic (exact) mass is 306 g/mol. The van der Waals surface area contributed by atoms with Crippen molar-refractivity contribution in [1.29, 1.82) is 0 Å². The summed E-state index contributed by atoms with van der Waals surface area (Å²) < 4.78 is 0. The molecule has 0 heteroatoms. The lowest BCUT2D eigenvalue weighted by atomic mass is 9.89. The standard InChI is InChI=1S/C24H18/c1-16-7-8-18-12-14-22-20(15-17-5-3-2-4-6-17)10-9-19-11-13-21(16)23(18)24(19)22/h2-14H,15H2,1H3. The Balaban J connectivity index is 1.85. The molecule has 0 saturated carbocycles. The van der Waals surface area contributed by atoms with Crippen molar-refractivity contribution in [2.24, 2.45) is 0 Å². The summed E-state index contributed by atoms with van der Waals surface area (Å²) in [4.78, 5) is 0. The highest BCUT2D eigenvalue weighted by Crippen LogP contribution is 2.37. The Morgan fingerprint density at radius 2 is 1.21 bits per heavy atom. The van der Waals surface area contributed by atoms with Crippen LogP contribution in [0.3, 0.4) is 0 Å². The second kappa shape index (κ2) is 5.07. The van der Waals surface area contributed by atoms with Crippen LogP contribution in [-0.2, 0) is 6.42 Å². The Kier molecular flexibility index (Phi) is 2.87. The first-order valence-corrected chi connectivity index (χ1v) is 8.51. The molecule has 0 nitrogen and oxygen atoms in total. The quantitative estimate of drug-likeness (QED) is 0.327. The molecular weight excluding hydrogens is 288 g/mol. The molecule has 5 aromatic carbocycles. The predicted octanol–water partition coefficient (Wildman–Crippen LogP) is 6.48. The van der Waals surface area contributed by atoms with Gasteiger partial charge in [-0.05, 0) is 62.4 Å². The molecule has 0 aliphatic carbocycles. The van der Waals surface area contributed by atoms with Crippen LogP contribution in [0.2, 0.25) is 0 Å². The maximum Gasteiger partial charge on any atom is -0.00196 e. The molecule has 24 heavy (non-hydrogen) atoms. The van der Waals surface area contributed by atoms with Crippen LogP contribution in [-0.4, -0.2) is 0 Å². The van der Waals surface area contributed by atoms with Crippen molar-refractivity contribution in [3.05, 3.63) is 95.6 Å². The van der Waals surface area contributed by atoms with E-state index in [4.69, 9.17) is 0 Å². The summed E-state index contributed by atoms with van der Waals surface area (Å²) in [6.07, 6.45) is 0.980. The van der Waals surface area contributed by atoms with E-state index < -0.39 is 0 Å². The van der Waals surface area contributed by atoms with E-state index in [1.807, 2.05) is 0 Å². The Morgan fingerprint density at radius 3 is 2.00 bits per heavy atom. The van der Waals surface area contributed by atoms with Gasteiger partial charge >= 0.3 is 0 Å². The fourth-order valence-electron chi connectivity index (χ4n) is 3.98. The van der Waals surface area contributed by atoms with Crippen molar-refractivity contribution < 1.29 is 0 Å². The van der Waals surface area contributed by atoms with Crippen molar-refractivity contribution in [3.8, 4) is 0 Å². The molecule has 0 aliphatic rings. The molecule has 0 aromatic heterocycles. The molecule has 0 bridgehead atoms. The molecule has 0 N–H and O–H groups in total. The van der Waals surface area contributed by atoms with Gasteiger partial charge in [0.05, 0.1) is 0 Å². The first kappa shape index (κ1) is 13.6. The molecule has 0 atom stereocenters. The zero-order chi connectivity index (χ0) is 16.1. The second-order valence-electron chi connectivity index (χ2n) is 6.69. The third-order valence-electron chi connectivity index (χ3n) is 5.21. The van der Waals surface area contributed by atoms with E-state index in [0.717, 1.165) is 6.42 Å². The minimum Gasteiger partial charge on any atom is -0.0622 e. The van der Waals surface area contributed by atoms with E-state index >= 15 is 0 Å². The highest BCUT2D eigenvalue weighted by atomic mass is 14.2. The molecular formula is C24H18. The number of rotatable bonds is 2. The first-order chi connectivity index (χ1) is 11.8. The van der Waals surface area contributed by atoms with E-state index in [1.54, 1.807) is 0 Å². The summed E-state index contributed by atoms with van der Waals surface area (Å²) in [5.74, 6) is 0. The summed E-state index contributed by atoms with van der Waals surface area (Å²) in [6.45, 7) is 2.21. The third-order valence-corrected chi connectivity index (χ3v) is 5.21. The molecule has 0 amide bonds.